The largest absolute Gasteiger partial charge is 0.478 e. The van der Waals surface area contributed by atoms with Gasteiger partial charge in [0, 0.05) is 12.6 Å². The van der Waals surface area contributed by atoms with Crippen LogP contribution in [0, 0.1) is 0 Å². The van der Waals surface area contributed by atoms with Crippen LogP contribution in [0.25, 0.3) is 0 Å². The maximum atomic E-state index is 11.6. The van der Waals surface area contributed by atoms with Crippen LogP contribution in [0.1, 0.15) is 10.4 Å². The first-order chi connectivity index (χ1) is 8.74. The van der Waals surface area contributed by atoms with Crippen LogP contribution in [0.2, 0.25) is 5.22 Å². The van der Waals surface area contributed by atoms with Crippen LogP contribution in [0.5, 0.6) is 0 Å². The van der Waals surface area contributed by atoms with Crippen molar-refractivity contribution < 1.29 is 36.3 Å². The number of aromatic carboxylic acids is 1. The van der Waals surface area contributed by atoms with Gasteiger partial charge in [0.25, 0.3) is 10.0 Å². The molecule has 0 aliphatic heterocycles. The minimum atomic E-state index is -4.18. The van der Waals surface area contributed by atoms with Crippen molar-refractivity contribution in [3.05, 3.63) is 16.8 Å². The van der Waals surface area contributed by atoms with Gasteiger partial charge in [0.15, 0.2) is 0 Å². The minimum absolute atomic E-state index is 0.437. The lowest BCUT2D eigenvalue weighted by atomic mass is 10.3. The van der Waals surface area contributed by atoms with Gasteiger partial charge in [-0.15, -0.1) is 0 Å². The van der Waals surface area contributed by atoms with Crippen LogP contribution in [0.3, 0.4) is 0 Å². The number of carboxylic acids is 1. The van der Waals surface area contributed by atoms with Crippen LogP contribution < -0.4 is 4.72 Å². The van der Waals surface area contributed by atoms with Crippen molar-refractivity contribution in [3.8, 4) is 0 Å². The fourth-order valence-electron chi connectivity index (χ4n) is 1.02. The predicted octanol–water partition coefficient (Wildman–Crippen LogP) is 1.15. The number of rotatable bonds is 7. The van der Waals surface area contributed by atoms with E-state index >= 15 is 0 Å². The normalized spacial score (nSPS) is 12.0. The Bertz CT molecular complexity index is 558. The van der Waals surface area contributed by atoms with Crippen molar-refractivity contribution in [2.75, 3.05) is 13.2 Å². The monoisotopic (exact) mass is 319 g/mol. The molecule has 0 saturated heterocycles. The van der Waals surface area contributed by atoms with E-state index in [4.69, 9.17) is 16.7 Å². The Balaban J connectivity index is 2.72. The zero-order valence-electron chi connectivity index (χ0n) is 9.10. The number of sulfonamides is 1. The average molecular weight is 320 g/mol. The molecule has 1 aromatic rings. The van der Waals surface area contributed by atoms with Crippen LogP contribution >= 0.6 is 11.6 Å². The van der Waals surface area contributed by atoms with E-state index < -0.39 is 51.6 Å². The van der Waals surface area contributed by atoms with Crippen LogP contribution in [0.4, 0.5) is 8.78 Å². The van der Waals surface area contributed by atoms with Gasteiger partial charge in [-0.3, -0.25) is 0 Å². The molecular weight excluding hydrogens is 312 g/mol. The number of furan rings is 1. The Hall–Kier alpha value is -1.23. The fourth-order valence-corrected chi connectivity index (χ4v) is 2.25. The average Bonchev–Trinajstić information content (AvgIpc) is 2.67. The van der Waals surface area contributed by atoms with Crippen LogP contribution in [0.15, 0.2) is 15.6 Å². The molecule has 0 saturated carbocycles. The zero-order valence-corrected chi connectivity index (χ0v) is 10.7. The molecule has 11 heteroatoms. The molecule has 0 aromatic carbocycles. The quantitative estimate of drug-likeness (QED) is 0.730. The van der Waals surface area contributed by atoms with Crippen molar-refractivity contribution in [1.29, 1.82) is 0 Å². The van der Waals surface area contributed by atoms with Crippen LogP contribution in [-0.2, 0) is 14.8 Å². The topological polar surface area (TPSA) is 106 Å². The number of ether oxygens (including phenoxy) is 1. The Morgan fingerprint density at radius 3 is 2.68 bits per heavy atom. The number of hydrogen-bond acceptors (Lipinski definition) is 5. The zero-order chi connectivity index (χ0) is 14.6. The predicted molar refractivity (Wildman–Crippen MR) is 57.8 cm³/mol. The number of alkyl halides is 2. The molecule has 0 aliphatic carbocycles. The van der Waals surface area contributed by atoms with E-state index in [1.165, 1.54) is 0 Å². The summed E-state index contributed by atoms with van der Waals surface area (Å²) in [6.07, 6.45) is 0. The first kappa shape index (κ1) is 15.8. The Kier molecular flexibility index (Phi) is 5.23. The van der Waals surface area contributed by atoms with E-state index in [0.29, 0.717) is 6.07 Å². The summed E-state index contributed by atoms with van der Waals surface area (Å²) in [7, 11) is -4.18. The van der Waals surface area contributed by atoms with Gasteiger partial charge in [0.2, 0.25) is 10.3 Å². The van der Waals surface area contributed by atoms with E-state index in [-0.39, 0.29) is 0 Å². The third-order valence-electron chi connectivity index (χ3n) is 1.80. The second-order valence-corrected chi connectivity index (χ2v) is 5.13. The maximum absolute atomic E-state index is 11.6. The van der Waals surface area contributed by atoms with E-state index in [1.807, 2.05) is 4.72 Å². The third-order valence-corrected chi connectivity index (χ3v) is 3.39. The highest BCUT2D eigenvalue weighted by Crippen LogP contribution is 2.24. The summed E-state index contributed by atoms with van der Waals surface area (Å²) in [4.78, 5) is 10.6. The molecule has 1 aromatic heterocycles. The highest BCUT2D eigenvalue weighted by Gasteiger charge is 2.24. The molecule has 0 unspecified atom stereocenters. The van der Waals surface area contributed by atoms with E-state index in [0.717, 1.165) is 0 Å². The second kappa shape index (κ2) is 6.28. The molecule has 0 atom stereocenters. The number of carboxylic acid groups (broad SMARTS) is 1. The molecule has 0 spiro atoms. The Morgan fingerprint density at radius 1 is 1.58 bits per heavy atom. The van der Waals surface area contributed by atoms with Crippen molar-refractivity contribution in [2.45, 2.75) is 11.7 Å². The molecule has 0 radical (unpaired) electrons. The lowest BCUT2D eigenvalue weighted by Crippen LogP contribution is -2.27. The Labute approximate surface area is 111 Å². The van der Waals surface area contributed by atoms with E-state index in [1.54, 1.807) is 0 Å². The molecular formula is C8H8ClF2NO6S. The van der Waals surface area contributed by atoms with E-state index in [9.17, 15) is 22.0 Å². The van der Waals surface area contributed by atoms with Gasteiger partial charge < -0.3 is 14.3 Å². The van der Waals surface area contributed by atoms with Gasteiger partial charge in [-0.2, -0.15) is 8.78 Å². The van der Waals surface area contributed by atoms with Crippen molar-refractivity contribution in [3.63, 3.8) is 0 Å². The minimum Gasteiger partial charge on any atom is -0.478 e. The van der Waals surface area contributed by atoms with Crippen molar-refractivity contribution in [1.82, 2.24) is 4.72 Å². The first-order valence-corrected chi connectivity index (χ1v) is 6.52. The third kappa shape index (κ3) is 4.42. The highest BCUT2D eigenvalue weighted by atomic mass is 35.5. The summed E-state index contributed by atoms with van der Waals surface area (Å²) < 4.78 is 56.6. The van der Waals surface area contributed by atoms with Gasteiger partial charge in [-0.1, -0.05) is 0 Å². The number of hydrogen-bond donors (Lipinski definition) is 2. The number of carbonyl (C=O) groups is 1. The van der Waals surface area contributed by atoms with Gasteiger partial charge >= 0.3 is 12.6 Å². The molecule has 108 valence electrons. The lowest BCUT2D eigenvalue weighted by molar-refractivity contribution is -0.126. The van der Waals surface area contributed by atoms with Gasteiger partial charge in [-0.25, -0.2) is 17.9 Å². The highest BCUT2D eigenvalue weighted by molar-refractivity contribution is 7.89. The molecule has 19 heavy (non-hydrogen) atoms. The molecule has 0 amide bonds. The van der Waals surface area contributed by atoms with Crippen molar-refractivity contribution in [2.24, 2.45) is 0 Å². The molecule has 0 bridgehead atoms. The molecule has 0 fully saturated rings. The summed E-state index contributed by atoms with van der Waals surface area (Å²) in [5.41, 5.74) is -0.522. The second-order valence-electron chi connectivity index (χ2n) is 3.09. The smallest absolute Gasteiger partial charge is 0.345 e. The Morgan fingerprint density at radius 2 is 2.21 bits per heavy atom. The van der Waals surface area contributed by atoms with Crippen molar-refractivity contribution >= 4 is 27.6 Å². The van der Waals surface area contributed by atoms with E-state index in [2.05, 4.69) is 9.15 Å². The summed E-state index contributed by atoms with van der Waals surface area (Å²) in [5.74, 6) is -1.46. The number of halogens is 3. The van der Waals surface area contributed by atoms with Crippen LogP contribution in [-0.4, -0.2) is 39.3 Å². The van der Waals surface area contributed by atoms with Gasteiger partial charge in [-0.05, 0) is 11.6 Å². The standard InChI is InChI=1S/C8H8ClF2NO6S/c9-6-4(7(13)14)3-5(18-6)19(15,16)12-1-2-17-8(10)11/h3,8,12H,1-2H2,(H,13,14). The SMILES string of the molecule is O=C(O)c1cc(S(=O)(=O)NCCOC(F)F)oc1Cl. The summed E-state index contributed by atoms with van der Waals surface area (Å²) >= 11 is 5.39. The molecule has 0 aliphatic rings. The summed E-state index contributed by atoms with van der Waals surface area (Å²) in [6.45, 7) is -4.01. The molecule has 7 nitrogen and oxygen atoms in total. The summed E-state index contributed by atoms with van der Waals surface area (Å²) in [5, 5.41) is 7.33. The van der Waals surface area contributed by atoms with Gasteiger partial charge in [0.05, 0.1) is 6.61 Å². The molecule has 1 rings (SSSR count). The number of nitrogens with one attached hydrogen (secondary N) is 1. The fraction of sp³-hybridized carbons (Fsp3) is 0.375. The maximum Gasteiger partial charge on any atom is 0.345 e. The lowest BCUT2D eigenvalue weighted by Gasteiger charge is -2.04. The molecule has 2 N–H and O–H groups in total. The molecule has 1 heterocycles. The van der Waals surface area contributed by atoms with Gasteiger partial charge in [0.1, 0.15) is 5.56 Å². The first-order valence-electron chi connectivity index (χ1n) is 4.66. The summed E-state index contributed by atoms with van der Waals surface area (Å²) in [6, 6.07) is 0.709.